The zero-order chi connectivity index (χ0) is 21.0. The lowest BCUT2D eigenvalue weighted by Crippen LogP contribution is -1.97. The van der Waals surface area contributed by atoms with Crippen molar-refractivity contribution in [3.05, 3.63) is 0 Å². The van der Waals surface area contributed by atoms with Crippen LogP contribution < -0.4 is 0 Å². The van der Waals surface area contributed by atoms with Crippen molar-refractivity contribution in [3.63, 3.8) is 0 Å². The number of aliphatic hydroxyl groups is 1. The molecule has 0 fully saturated rings. The van der Waals surface area contributed by atoms with E-state index in [4.69, 9.17) is 9.84 Å². The first-order chi connectivity index (χ1) is 13.8. The van der Waals surface area contributed by atoms with Crippen LogP contribution in [0.3, 0.4) is 0 Å². The number of hydrogen-bond donors (Lipinski definition) is 1. The van der Waals surface area contributed by atoms with Gasteiger partial charge >= 0.3 is 0 Å². The third kappa shape index (κ3) is 33.5. The molecule has 0 saturated carbocycles. The number of hydrogen-bond acceptors (Lipinski definition) is 2. The van der Waals surface area contributed by atoms with Gasteiger partial charge in [-0.3, -0.25) is 0 Å². The standard InChI is InChI=1S/C24H50O.C2H6O/c1-3-5-7-9-11-13-14-15-16-18-20-22-24-25-23-21-19-17-12-10-8-6-4-2;1-2-3/h3-24H2,1-2H3;3H,2H2,1H3. The van der Waals surface area contributed by atoms with Crippen molar-refractivity contribution in [2.75, 3.05) is 19.8 Å². The predicted octanol–water partition coefficient (Wildman–Crippen LogP) is 8.84. The Bertz CT molecular complexity index is 208. The first kappa shape index (κ1) is 30.1. The average molecular weight is 401 g/mol. The second-order valence-corrected chi connectivity index (χ2v) is 8.29. The summed E-state index contributed by atoms with van der Waals surface area (Å²) in [6, 6.07) is 0. The van der Waals surface area contributed by atoms with Gasteiger partial charge in [0.25, 0.3) is 0 Å². The van der Waals surface area contributed by atoms with E-state index in [1.54, 1.807) is 6.92 Å². The van der Waals surface area contributed by atoms with E-state index in [1.165, 1.54) is 128 Å². The zero-order valence-corrected chi connectivity index (χ0v) is 20.1. The van der Waals surface area contributed by atoms with E-state index >= 15 is 0 Å². The molecule has 0 aliphatic heterocycles. The molecule has 0 rings (SSSR count). The maximum atomic E-state index is 7.57. The van der Waals surface area contributed by atoms with Crippen LogP contribution in [0, 0.1) is 0 Å². The van der Waals surface area contributed by atoms with Gasteiger partial charge in [-0.15, -0.1) is 0 Å². The van der Waals surface area contributed by atoms with Gasteiger partial charge in [-0.05, 0) is 19.8 Å². The van der Waals surface area contributed by atoms with Crippen molar-refractivity contribution in [2.24, 2.45) is 0 Å². The number of ether oxygens (including phenoxy) is 1. The highest BCUT2D eigenvalue weighted by Crippen LogP contribution is 2.12. The molecule has 0 aromatic heterocycles. The van der Waals surface area contributed by atoms with Crippen molar-refractivity contribution < 1.29 is 9.84 Å². The Hall–Kier alpha value is -0.0800. The number of unbranched alkanes of at least 4 members (excludes halogenated alkanes) is 18. The lowest BCUT2D eigenvalue weighted by Gasteiger charge is -2.05. The van der Waals surface area contributed by atoms with E-state index in [0.717, 1.165) is 13.2 Å². The average Bonchev–Trinajstić information content (AvgIpc) is 2.70. The molecule has 0 aromatic carbocycles. The van der Waals surface area contributed by atoms with Crippen molar-refractivity contribution >= 4 is 0 Å². The van der Waals surface area contributed by atoms with Crippen molar-refractivity contribution in [2.45, 2.75) is 149 Å². The highest BCUT2D eigenvalue weighted by Gasteiger charge is 1.95. The van der Waals surface area contributed by atoms with Gasteiger partial charge in [-0.2, -0.15) is 0 Å². The molecule has 0 heterocycles. The maximum absolute atomic E-state index is 7.57. The van der Waals surface area contributed by atoms with Crippen LogP contribution in [0.25, 0.3) is 0 Å². The quantitative estimate of drug-likeness (QED) is 0.184. The molecular formula is C26H56O2. The molecule has 172 valence electrons. The van der Waals surface area contributed by atoms with Gasteiger partial charge in [-0.1, -0.05) is 129 Å². The fraction of sp³-hybridized carbons (Fsp3) is 1.00. The molecule has 0 aliphatic rings. The van der Waals surface area contributed by atoms with Gasteiger partial charge in [0.15, 0.2) is 0 Å². The molecule has 0 unspecified atom stereocenters. The summed E-state index contributed by atoms with van der Waals surface area (Å²) in [6.07, 6.45) is 28.2. The van der Waals surface area contributed by atoms with Gasteiger partial charge in [-0.25, -0.2) is 0 Å². The SMILES string of the molecule is CCCCCCCCCCCCCCOCCCCCCCCCC.CCO. The molecule has 0 aliphatic carbocycles. The van der Waals surface area contributed by atoms with Gasteiger partial charge in [0, 0.05) is 19.8 Å². The third-order valence-corrected chi connectivity index (χ3v) is 5.28. The molecule has 0 saturated heterocycles. The van der Waals surface area contributed by atoms with E-state index < -0.39 is 0 Å². The van der Waals surface area contributed by atoms with Crippen molar-refractivity contribution in [1.82, 2.24) is 0 Å². The summed E-state index contributed by atoms with van der Waals surface area (Å²) in [5.74, 6) is 0. The van der Waals surface area contributed by atoms with E-state index in [1.807, 2.05) is 0 Å². The first-order valence-electron chi connectivity index (χ1n) is 13.0. The summed E-state index contributed by atoms with van der Waals surface area (Å²) in [6.45, 7) is 8.50. The lowest BCUT2D eigenvalue weighted by molar-refractivity contribution is 0.125. The van der Waals surface area contributed by atoms with Crippen LogP contribution >= 0.6 is 0 Å². The Kier molecular flexibility index (Phi) is 34.0. The highest BCUT2D eigenvalue weighted by molar-refractivity contribution is 4.49. The van der Waals surface area contributed by atoms with Gasteiger partial charge in [0.05, 0.1) is 0 Å². The van der Waals surface area contributed by atoms with Crippen LogP contribution in [0.15, 0.2) is 0 Å². The molecule has 1 N–H and O–H groups in total. The minimum absolute atomic E-state index is 0.250. The van der Waals surface area contributed by atoms with Gasteiger partial charge in [0.2, 0.25) is 0 Å². The fourth-order valence-electron chi connectivity index (χ4n) is 3.49. The van der Waals surface area contributed by atoms with Crippen LogP contribution in [0.1, 0.15) is 149 Å². The van der Waals surface area contributed by atoms with Crippen molar-refractivity contribution in [1.29, 1.82) is 0 Å². The molecule has 0 amide bonds. The summed E-state index contributed by atoms with van der Waals surface area (Å²) < 4.78 is 5.77. The van der Waals surface area contributed by atoms with E-state index in [2.05, 4.69) is 13.8 Å². The molecule has 0 radical (unpaired) electrons. The highest BCUT2D eigenvalue weighted by atomic mass is 16.5. The molecule has 0 bridgehead atoms. The van der Waals surface area contributed by atoms with E-state index in [-0.39, 0.29) is 6.61 Å². The Morgan fingerprint density at radius 3 is 0.857 bits per heavy atom. The fourth-order valence-corrected chi connectivity index (χ4v) is 3.49. The molecule has 2 nitrogen and oxygen atoms in total. The second-order valence-electron chi connectivity index (χ2n) is 8.29. The second kappa shape index (κ2) is 31.6. The molecule has 0 spiro atoms. The first-order valence-corrected chi connectivity index (χ1v) is 13.0. The smallest absolute Gasteiger partial charge is 0.0466 e. The predicted molar refractivity (Wildman–Crippen MR) is 127 cm³/mol. The zero-order valence-electron chi connectivity index (χ0n) is 20.1. The summed E-state index contributed by atoms with van der Waals surface area (Å²) in [4.78, 5) is 0. The summed E-state index contributed by atoms with van der Waals surface area (Å²) in [5, 5.41) is 7.57. The third-order valence-electron chi connectivity index (χ3n) is 5.28. The van der Waals surface area contributed by atoms with Gasteiger partial charge in [0.1, 0.15) is 0 Å². The van der Waals surface area contributed by atoms with Crippen LogP contribution in [0.2, 0.25) is 0 Å². The lowest BCUT2D eigenvalue weighted by atomic mass is 10.1. The summed E-state index contributed by atoms with van der Waals surface area (Å²) in [7, 11) is 0. The van der Waals surface area contributed by atoms with E-state index in [9.17, 15) is 0 Å². The van der Waals surface area contributed by atoms with Crippen LogP contribution in [0.4, 0.5) is 0 Å². The molecule has 0 aromatic rings. The molecule has 28 heavy (non-hydrogen) atoms. The number of rotatable bonds is 22. The Morgan fingerprint density at radius 2 is 0.607 bits per heavy atom. The maximum Gasteiger partial charge on any atom is 0.0466 e. The molecule has 2 heteroatoms. The van der Waals surface area contributed by atoms with Crippen LogP contribution in [-0.2, 0) is 4.74 Å². The molecular weight excluding hydrogens is 344 g/mol. The normalized spacial score (nSPS) is 10.7. The molecule has 0 atom stereocenters. The Labute approximate surface area is 179 Å². The monoisotopic (exact) mass is 400 g/mol. The van der Waals surface area contributed by atoms with Crippen LogP contribution in [-0.4, -0.2) is 24.9 Å². The van der Waals surface area contributed by atoms with Gasteiger partial charge < -0.3 is 9.84 Å². The summed E-state index contributed by atoms with van der Waals surface area (Å²) >= 11 is 0. The Morgan fingerprint density at radius 1 is 0.393 bits per heavy atom. The minimum atomic E-state index is 0.250. The topological polar surface area (TPSA) is 29.5 Å². The van der Waals surface area contributed by atoms with Crippen LogP contribution in [0.5, 0.6) is 0 Å². The van der Waals surface area contributed by atoms with E-state index in [0.29, 0.717) is 0 Å². The van der Waals surface area contributed by atoms with Crippen molar-refractivity contribution in [3.8, 4) is 0 Å². The minimum Gasteiger partial charge on any atom is -0.397 e. The Balaban J connectivity index is 0. The number of aliphatic hydroxyl groups excluding tert-OH is 1. The summed E-state index contributed by atoms with van der Waals surface area (Å²) in [5.41, 5.74) is 0. The largest absolute Gasteiger partial charge is 0.397 e.